The van der Waals surface area contributed by atoms with E-state index in [9.17, 15) is 9.26 Å². The maximum Gasteiger partial charge on any atom is 0.791 e. The van der Waals surface area contributed by atoms with Gasteiger partial charge in [0.2, 0.25) is 6.41 Å². The van der Waals surface area contributed by atoms with Crippen molar-refractivity contribution in [3.63, 3.8) is 0 Å². The Morgan fingerprint density at radius 3 is 2.57 bits per heavy atom. The Kier molecular flexibility index (Phi) is 2.86. The zero-order valence-electron chi connectivity index (χ0n) is 3.25. The van der Waals surface area contributed by atoms with Gasteiger partial charge in [0, 0.05) is 0 Å². The van der Waals surface area contributed by atoms with Gasteiger partial charge in [-0.05, 0) is 0 Å². The first-order valence-electron chi connectivity index (χ1n) is 1.36. The molecule has 1 amide bonds. The van der Waals surface area contributed by atoms with Crippen LogP contribution < -0.4 is 5.48 Å². The molecule has 0 atom stereocenters. The summed E-state index contributed by atoms with van der Waals surface area (Å²) in [5.41, 5.74) is 1.55. The van der Waals surface area contributed by atoms with Gasteiger partial charge < -0.3 is 9.32 Å². The fourth-order valence-corrected chi connectivity index (χ4v) is 0.223. The van der Waals surface area contributed by atoms with Gasteiger partial charge in [0.1, 0.15) is 0 Å². The molecule has 7 heavy (non-hydrogen) atoms. The van der Waals surface area contributed by atoms with Crippen LogP contribution >= 0.6 is 0 Å². The Labute approximate surface area is 40.8 Å². The Hall–Kier alpha value is -0.913. The van der Waals surface area contributed by atoms with Crippen molar-refractivity contribution in [2.24, 2.45) is 0 Å². The molecular weight excluding hydrogens is 118 g/mol. The number of nitrogens with one attached hydrogen (secondary N) is 1. The zero-order valence-corrected chi connectivity index (χ0v) is 4.25. The minimum absolute atomic E-state index is 0.165. The smallest absolute Gasteiger partial charge is 0.510 e. The Morgan fingerprint density at radius 2 is 2.43 bits per heavy atom. The highest BCUT2D eigenvalue weighted by Crippen LogP contribution is 1.53. The van der Waals surface area contributed by atoms with Crippen molar-refractivity contribution >= 4 is 15.6 Å². The molecule has 0 unspecified atom stereocenters. The monoisotopic (exact) mass is 121 g/mol. The molecule has 0 rings (SSSR count). The summed E-state index contributed by atoms with van der Waals surface area (Å²) in [6, 6.07) is 0. The van der Waals surface area contributed by atoms with Crippen LogP contribution in [0.25, 0.3) is 0 Å². The molecule has 6 heteroatoms. The SMILES string of the molecule is O=CNO[Si](=O)O. The van der Waals surface area contributed by atoms with E-state index >= 15 is 0 Å². The molecule has 0 aromatic heterocycles. The second-order valence-corrected chi connectivity index (χ2v) is 1.34. The van der Waals surface area contributed by atoms with Gasteiger partial charge in [-0.2, -0.15) is 0 Å². The van der Waals surface area contributed by atoms with Crippen molar-refractivity contribution in [1.82, 2.24) is 5.48 Å². The van der Waals surface area contributed by atoms with Gasteiger partial charge in [-0.25, -0.2) is 5.48 Å². The maximum atomic E-state index is 9.50. The van der Waals surface area contributed by atoms with E-state index in [1.807, 2.05) is 0 Å². The third kappa shape index (κ3) is 5.09. The van der Waals surface area contributed by atoms with Gasteiger partial charge in [0.15, 0.2) is 0 Å². The molecular formula is CH3NO4Si. The lowest BCUT2D eigenvalue weighted by Gasteiger charge is -1.88. The predicted molar refractivity (Wildman–Crippen MR) is 18.9 cm³/mol. The van der Waals surface area contributed by atoms with Gasteiger partial charge in [-0.15, -0.1) is 0 Å². The maximum absolute atomic E-state index is 9.50. The van der Waals surface area contributed by atoms with Crippen molar-refractivity contribution < 1.29 is 18.6 Å². The average molecular weight is 121 g/mol. The van der Waals surface area contributed by atoms with Crippen LogP contribution in [0.4, 0.5) is 0 Å². The molecule has 0 bridgehead atoms. The standard InChI is InChI=1S/CH3NO4Si/c3-1-2-6-7(4)5/h1,4H,(H,2,3). The highest BCUT2D eigenvalue weighted by atomic mass is 28.3. The quantitative estimate of drug-likeness (QED) is 0.259. The molecule has 0 radical (unpaired) electrons. The van der Waals surface area contributed by atoms with Gasteiger partial charge >= 0.3 is 9.17 Å². The lowest BCUT2D eigenvalue weighted by atomic mass is 11.5. The molecule has 0 spiro atoms. The van der Waals surface area contributed by atoms with E-state index in [1.165, 1.54) is 0 Å². The number of hydrogen-bond donors (Lipinski definition) is 2. The van der Waals surface area contributed by atoms with Crippen molar-refractivity contribution in [1.29, 1.82) is 0 Å². The largest absolute Gasteiger partial charge is 0.791 e. The molecule has 0 heterocycles. The van der Waals surface area contributed by atoms with Gasteiger partial charge in [-0.1, -0.05) is 0 Å². The first kappa shape index (κ1) is 6.09. The molecule has 0 aromatic rings. The van der Waals surface area contributed by atoms with Gasteiger partial charge in [0.25, 0.3) is 0 Å². The van der Waals surface area contributed by atoms with Crippen LogP contribution in [0.5, 0.6) is 0 Å². The highest BCUT2D eigenvalue weighted by Gasteiger charge is 1.99. The number of carbonyl (C=O) groups is 1. The molecule has 0 aliphatic carbocycles. The second kappa shape index (κ2) is 3.28. The van der Waals surface area contributed by atoms with E-state index in [0.29, 0.717) is 0 Å². The Balaban J connectivity index is 2.97. The summed E-state index contributed by atoms with van der Waals surface area (Å²) in [6.45, 7) is 0. The predicted octanol–water partition coefficient (Wildman–Crippen LogP) is -1.93. The molecule has 0 saturated carbocycles. The fraction of sp³-hybridized carbons (Fsp3) is 0. The minimum Gasteiger partial charge on any atom is -0.510 e. The van der Waals surface area contributed by atoms with E-state index in [2.05, 4.69) is 4.53 Å². The number of hydroxylamine groups is 1. The number of amides is 1. The Bertz CT molecular complexity index is 81.8. The number of carbonyl (C=O) groups excluding carboxylic acids is 1. The van der Waals surface area contributed by atoms with Crippen molar-refractivity contribution in [2.45, 2.75) is 0 Å². The topological polar surface area (TPSA) is 75.6 Å². The molecule has 0 saturated heterocycles. The van der Waals surface area contributed by atoms with Crippen molar-refractivity contribution in [3.05, 3.63) is 0 Å². The lowest BCUT2D eigenvalue weighted by molar-refractivity contribution is -0.116. The molecule has 0 aromatic carbocycles. The first-order valence-corrected chi connectivity index (χ1v) is 2.62. The van der Waals surface area contributed by atoms with Crippen LogP contribution in [-0.4, -0.2) is 20.4 Å². The van der Waals surface area contributed by atoms with E-state index in [0.717, 1.165) is 0 Å². The average Bonchev–Trinajstić information content (AvgIpc) is 1.61. The normalized spacial score (nSPS) is 6.86. The second-order valence-electron chi connectivity index (χ2n) is 0.604. The van der Waals surface area contributed by atoms with E-state index in [-0.39, 0.29) is 6.41 Å². The van der Waals surface area contributed by atoms with Crippen LogP contribution in [-0.2, 0) is 13.8 Å². The van der Waals surface area contributed by atoms with Crippen LogP contribution in [0.3, 0.4) is 0 Å². The van der Waals surface area contributed by atoms with E-state index < -0.39 is 9.17 Å². The third-order valence-electron chi connectivity index (χ3n) is 0.194. The van der Waals surface area contributed by atoms with Crippen LogP contribution in [0.2, 0.25) is 0 Å². The summed E-state index contributed by atoms with van der Waals surface area (Å²) >= 11 is 0. The van der Waals surface area contributed by atoms with Gasteiger partial charge in [-0.3, -0.25) is 9.26 Å². The molecule has 0 fully saturated rings. The molecule has 40 valence electrons. The summed E-state index contributed by atoms with van der Waals surface area (Å²) in [5, 5.41) is 0. The highest BCUT2D eigenvalue weighted by molar-refractivity contribution is 6.24. The number of rotatable bonds is 3. The van der Waals surface area contributed by atoms with Crippen molar-refractivity contribution in [3.8, 4) is 0 Å². The third-order valence-corrected chi connectivity index (χ3v) is 0.487. The summed E-state index contributed by atoms with van der Waals surface area (Å²) in [6.07, 6.45) is 0.165. The van der Waals surface area contributed by atoms with Crippen molar-refractivity contribution in [2.75, 3.05) is 0 Å². The minimum atomic E-state index is -2.99. The van der Waals surface area contributed by atoms with E-state index in [1.54, 1.807) is 5.48 Å². The fourth-order valence-electron chi connectivity index (χ4n) is 0.0745. The summed E-state index contributed by atoms with van der Waals surface area (Å²) in [4.78, 5) is 17.0. The zero-order chi connectivity index (χ0) is 5.70. The van der Waals surface area contributed by atoms with Crippen LogP contribution in [0.15, 0.2) is 0 Å². The summed E-state index contributed by atoms with van der Waals surface area (Å²) < 4.78 is 13.2. The molecule has 0 aliphatic heterocycles. The lowest BCUT2D eigenvalue weighted by Crippen LogP contribution is -2.18. The van der Waals surface area contributed by atoms with Crippen LogP contribution in [0, 0.1) is 0 Å². The van der Waals surface area contributed by atoms with Gasteiger partial charge in [0.05, 0.1) is 0 Å². The van der Waals surface area contributed by atoms with Crippen LogP contribution in [0.1, 0.15) is 0 Å². The molecule has 0 aliphatic rings. The Morgan fingerprint density at radius 1 is 1.86 bits per heavy atom. The molecule has 5 nitrogen and oxygen atoms in total. The van der Waals surface area contributed by atoms with E-state index in [4.69, 9.17) is 4.80 Å². The number of hydrogen-bond acceptors (Lipinski definition) is 3. The summed E-state index contributed by atoms with van der Waals surface area (Å²) in [5.74, 6) is 0. The summed E-state index contributed by atoms with van der Waals surface area (Å²) in [7, 11) is -2.99. The molecule has 2 N–H and O–H groups in total. The first-order chi connectivity index (χ1) is 3.27.